The number of fused-ring (bicyclic) bond motifs is 1. The normalized spacial score (nSPS) is 11.0. The summed E-state index contributed by atoms with van der Waals surface area (Å²) in [5, 5.41) is 0.589. The Morgan fingerprint density at radius 1 is 1.22 bits per heavy atom. The smallest absolute Gasteiger partial charge is 0.293 e. The van der Waals surface area contributed by atoms with E-state index in [1.807, 2.05) is 25.1 Å². The first-order valence-electron chi connectivity index (χ1n) is 6.37. The Bertz CT molecular complexity index is 668. The van der Waals surface area contributed by atoms with Gasteiger partial charge in [0.1, 0.15) is 0 Å². The molecule has 0 aliphatic rings. The molecule has 4 nitrogen and oxygen atoms in total. The zero-order valence-corrected chi connectivity index (χ0v) is 10.8. The first-order valence-corrected chi connectivity index (χ1v) is 6.37. The van der Waals surface area contributed by atoms with Gasteiger partial charge in [0.2, 0.25) is 0 Å². The fourth-order valence-corrected chi connectivity index (χ4v) is 2.15. The lowest BCUT2D eigenvalue weighted by molar-refractivity contribution is 0.591. The molecular weight excluding hydrogens is 228 g/mol. The van der Waals surface area contributed by atoms with Gasteiger partial charge in [-0.15, -0.1) is 0 Å². The van der Waals surface area contributed by atoms with Gasteiger partial charge < -0.3 is 0 Å². The number of nitrogens with one attached hydrogen (secondary N) is 1. The van der Waals surface area contributed by atoms with Crippen molar-refractivity contribution in [2.24, 2.45) is 0 Å². The molecule has 0 bridgehead atoms. The minimum absolute atomic E-state index is 0.301. The van der Waals surface area contributed by atoms with Crippen LogP contribution in [0.15, 0.2) is 27.8 Å². The molecule has 96 valence electrons. The molecule has 4 heteroatoms. The summed E-state index contributed by atoms with van der Waals surface area (Å²) in [6.07, 6.45) is 3.14. The zero-order valence-electron chi connectivity index (χ0n) is 10.8. The van der Waals surface area contributed by atoms with E-state index in [-0.39, 0.29) is 11.2 Å². The summed E-state index contributed by atoms with van der Waals surface area (Å²) >= 11 is 0. The summed E-state index contributed by atoms with van der Waals surface area (Å²) in [6, 6.07) is 5.61. The largest absolute Gasteiger partial charge is 0.328 e. The van der Waals surface area contributed by atoms with Crippen LogP contribution in [0.2, 0.25) is 0 Å². The molecule has 0 amide bonds. The van der Waals surface area contributed by atoms with Gasteiger partial charge in [0, 0.05) is 6.54 Å². The van der Waals surface area contributed by atoms with Gasteiger partial charge in [-0.05, 0) is 25.5 Å². The van der Waals surface area contributed by atoms with E-state index in [9.17, 15) is 9.59 Å². The number of hydrogen-bond donors (Lipinski definition) is 1. The predicted molar refractivity (Wildman–Crippen MR) is 73.1 cm³/mol. The van der Waals surface area contributed by atoms with Crippen molar-refractivity contribution in [3.05, 3.63) is 44.6 Å². The standard InChI is InChI=1S/C14H18N2O2/c1-3-4-5-8-16-12-7-6-10(2)9-11(12)13(17)15-14(16)18/h6-7,9H,3-5,8H2,1-2H3,(H,15,17,18). The number of hydrogen-bond acceptors (Lipinski definition) is 2. The predicted octanol–water partition coefficient (Wildman–Crippen LogP) is 2.19. The van der Waals surface area contributed by atoms with Crippen molar-refractivity contribution >= 4 is 10.9 Å². The third kappa shape index (κ3) is 2.37. The van der Waals surface area contributed by atoms with Crippen molar-refractivity contribution in [3.8, 4) is 0 Å². The molecule has 0 radical (unpaired) electrons. The number of unbranched alkanes of at least 4 members (excludes halogenated alkanes) is 2. The molecule has 0 spiro atoms. The molecule has 0 atom stereocenters. The minimum Gasteiger partial charge on any atom is -0.293 e. The average molecular weight is 246 g/mol. The van der Waals surface area contributed by atoms with E-state index in [2.05, 4.69) is 11.9 Å². The molecule has 1 heterocycles. The second kappa shape index (κ2) is 5.21. The van der Waals surface area contributed by atoms with Crippen LogP contribution in [0.5, 0.6) is 0 Å². The fourth-order valence-electron chi connectivity index (χ4n) is 2.15. The molecule has 2 rings (SSSR count). The Morgan fingerprint density at radius 3 is 2.72 bits per heavy atom. The molecule has 1 aromatic heterocycles. The molecule has 18 heavy (non-hydrogen) atoms. The van der Waals surface area contributed by atoms with Gasteiger partial charge in [0.15, 0.2) is 0 Å². The number of aromatic amines is 1. The first kappa shape index (κ1) is 12.6. The Labute approximate surface area is 105 Å². The fraction of sp³-hybridized carbons (Fsp3) is 0.429. The van der Waals surface area contributed by atoms with E-state index >= 15 is 0 Å². The van der Waals surface area contributed by atoms with Crippen LogP contribution in [-0.2, 0) is 6.54 Å². The average Bonchev–Trinajstić information content (AvgIpc) is 2.34. The Hall–Kier alpha value is -1.84. The van der Waals surface area contributed by atoms with Gasteiger partial charge >= 0.3 is 5.69 Å². The monoisotopic (exact) mass is 246 g/mol. The lowest BCUT2D eigenvalue weighted by Gasteiger charge is -2.09. The second-order valence-electron chi connectivity index (χ2n) is 4.64. The molecule has 2 aromatic rings. The lowest BCUT2D eigenvalue weighted by Crippen LogP contribution is -2.30. The third-order valence-electron chi connectivity index (χ3n) is 3.14. The number of H-pyrrole nitrogens is 1. The first-order chi connectivity index (χ1) is 8.63. The van der Waals surface area contributed by atoms with Crippen molar-refractivity contribution in [1.82, 2.24) is 9.55 Å². The van der Waals surface area contributed by atoms with E-state index in [1.54, 1.807) is 4.57 Å². The van der Waals surface area contributed by atoms with Crippen LogP contribution in [0.1, 0.15) is 31.7 Å². The Balaban J connectivity index is 2.58. The van der Waals surface area contributed by atoms with Gasteiger partial charge in [-0.25, -0.2) is 4.79 Å². The maximum atomic E-state index is 11.8. The molecule has 0 unspecified atom stereocenters. The highest BCUT2D eigenvalue weighted by atomic mass is 16.2. The second-order valence-corrected chi connectivity index (χ2v) is 4.64. The molecule has 0 aliphatic carbocycles. The highest BCUT2D eigenvalue weighted by Gasteiger charge is 2.06. The van der Waals surface area contributed by atoms with E-state index in [0.29, 0.717) is 11.9 Å². The number of rotatable bonds is 4. The molecular formula is C14H18N2O2. The van der Waals surface area contributed by atoms with Crippen LogP contribution in [-0.4, -0.2) is 9.55 Å². The van der Waals surface area contributed by atoms with Gasteiger partial charge in [0.25, 0.3) is 5.56 Å². The van der Waals surface area contributed by atoms with E-state index in [0.717, 1.165) is 30.3 Å². The molecule has 0 saturated heterocycles. The number of aromatic nitrogens is 2. The molecule has 1 N–H and O–H groups in total. The minimum atomic E-state index is -0.313. The summed E-state index contributed by atoms with van der Waals surface area (Å²) in [5.41, 5.74) is 1.13. The summed E-state index contributed by atoms with van der Waals surface area (Å²) in [5.74, 6) is 0. The maximum absolute atomic E-state index is 11.8. The van der Waals surface area contributed by atoms with Crippen LogP contribution in [0.25, 0.3) is 10.9 Å². The molecule has 0 saturated carbocycles. The van der Waals surface area contributed by atoms with Crippen molar-refractivity contribution in [1.29, 1.82) is 0 Å². The summed E-state index contributed by atoms with van der Waals surface area (Å²) in [4.78, 5) is 26.0. The Morgan fingerprint density at radius 2 is 2.00 bits per heavy atom. The van der Waals surface area contributed by atoms with E-state index in [4.69, 9.17) is 0 Å². The maximum Gasteiger partial charge on any atom is 0.328 e. The molecule has 0 aliphatic heterocycles. The van der Waals surface area contributed by atoms with Crippen LogP contribution < -0.4 is 11.2 Å². The number of nitrogens with zero attached hydrogens (tertiary/aromatic N) is 1. The lowest BCUT2D eigenvalue weighted by atomic mass is 10.1. The SMILES string of the molecule is CCCCCn1c(=O)[nH]c(=O)c2cc(C)ccc21. The van der Waals surface area contributed by atoms with Crippen LogP contribution >= 0.6 is 0 Å². The Kier molecular flexibility index (Phi) is 3.65. The van der Waals surface area contributed by atoms with Gasteiger partial charge in [-0.2, -0.15) is 0 Å². The number of benzene rings is 1. The summed E-state index contributed by atoms with van der Waals surface area (Å²) in [6.45, 7) is 4.71. The molecule has 1 aromatic carbocycles. The quantitative estimate of drug-likeness (QED) is 0.841. The van der Waals surface area contributed by atoms with Crippen molar-refractivity contribution in [2.75, 3.05) is 0 Å². The van der Waals surface area contributed by atoms with Gasteiger partial charge in [-0.3, -0.25) is 14.3 Å². The zero-order chi connectivity index (χ0) is 13.1. The molecule has 0 fully saturated rings. The summed E-state index contributed by atoms with van der Waals surface area (Å²) < 4.78 is 1.66. The van der Waals surface area contributed by atoms with Gasteiger partial charge in [-0.1, -0.05) is 31.4 Å². The van der Waals surface area contributed by atoms with E-state index < -0.39 is 0 Å². The summed E-state index contributed by atoms with van der Waals surface area (Å²) in [7, 11) is 0. The van der Waals surface area contributed by atoms with Crippen LogP contribution in [0.3, 0.4) is 0 Å². The number of aryl methyl sites for hydroxylation is 2. The van der Waals surface area contributed by atoms with E-state index in [1.165, 1.54) is 0 Å². The van der Waals surface area contributed by atoms with Crippen molar-refractivity contribution in [2.45, 2.75) is 39.7 Å². The third-order valence-corrected chi connectivity index (χ3v) is 3.14. The van der Waals surface area contributed by atoms with Crippen molar-refractivity contribution < 1.29 is 0 Å². The highest BCUT2D eigenvalue weighted by molar-refractivity contribution is 5.78. The van der Waals surface area contributed by atoms with Gasteiger partial charge in [0.05, 0.1) is 10.9 Å². The topological polar surface area (TPSA) is 54.9 Å². The van der Waals surface area contributed by atoms with Crippen LogP contribution in [0.4, 0.5) is 0 Å². The van der Waals surface area contributed by atoms with Crippen molar-refractivity contribution in [3.63, 3.8) is 0 Å². The highest BCUT2D eigenvalue weighted by Crippen LogP contribution is 2.11. The van der Waals surface area contributed by atoms with Crippen LogP contribution in [0, 0.1) is 6.92 Å².